The highest BCUT2D eigenvalue weighted by atomic mass is 19.1. The van der Waals surface area contributed by atoms with Gasteiger partial charge in [-0.2, -0.15) is 0 Å². The maximum absolute atomic E-state index is 13.8. The lowest BCUT2D eigenvalue weighted by atomic mass is 9.89. The number of piperidine rings is 1. The Balaban J connectivity index is 1.89. The third kappa shape index (κ3) is 7.37. The Morgan fingerprint density at radius 1 is 1.33 bits per heavy atom. The molecule has 0 aromatic heterocycles. The topological polar surface area (TPSA) is 67.9 Å². The summed E-state index contributed by atoms with van der Waals surface area (Å²) in [6.45, 7) is 11.9. The number of ether oxygens (including phenoxy) is 1. The van der Waals surface area contributed by atoms with Gasteiger partial charge in [0.15, 0.2) is 0 Å². The monoisotopic (exact) mass is 419 g/mol. The first-order chi connectivity index (χ1) is 14.1. The Hall–Kier alpha value is -2.54. The number of likely N-dealkylation sites (tertiary alicyclic amines) is 1. The van der Waals surface area contributed by atoms with Crippen LogP contribution >= 0.6 is 0 Å². The van der Waals surface area contributed by atoms with Gasteiger partial charge in [0, 0.05) is 42.9 Å². The van der Waals surface area contributed by atoms with E-state index in [9.17, 15) is 13.6 Å². The van der Waals surface area contributed by atoms with Crippen molar-refractivity contribution in [3.05, 3.63) is 59.9 Å². The van der Waals surface area contributed by atoms with Gasteiger partial charge in [0.05, 0.1) is 0 Å². The van der Waals surface area contributed by atoms with Crippen molar-refractivity contribution in [1.82, 2.24) is 4.90 Å². The molecule has 5 nitrogen and oxygen atoms in total. The standard InChI is InChI=1S/C23H31F2N3O2/c1-16(22(27-10-9-26)30-23(2,3)4)15-28-11-7-17(8-12-28)21(29)13-18-5-6-19(24)14-20(18)25/h5-6,9-10,14,17H,1,7-8,11-13,15,26H2,2-4H3/b10-9-,27-22+. The molecule has 1 aliphatic heterocycles. The van der Waals surface area contributed by atoms with E-state index in [4.69, 9.17) is 10.5 Å². The maximum atomic E-state index is 13.8. The zero-order valence-corrected chi connectivity index (χ0v) is 18.0. The van der Waals surface area contributed by atoms with Gasteiger partial charge in [-0.15, -0.1) is 0 Å². The lowest BCUT2D eigenvalue weighted by Crippen LogP contribution is -2.39. The molecule has 1 aromatic carbocycles. The van der Waals surface area contributed by atoms with E-state index >= 15 is 0 Å². The molecule has 2 N–H and O–H groups in total. The predicted molar refractivity (Wildman–Crippen MR) is 115 cm³/mol. The molecular weight excluding hydrogens is 388 g/mol. The van der Waals surface area contributed by atoms with Crippen molar-refractivity contribution in [1.29, 1.82) is 0 Å². The second-order valence-corrected chi connectivity index (χ2v) is 8.52. The van der Waals surface area contributed by atoms with Crippen LogP contribution in [0.1, 0.15) is 39.2 Å². The second-order valence-electron chi connectivity index (χ2n) is 8.52. The number of Topliss-reactive ketones (excluding diaryl/α,β-unsaturated/α-hetero) is 1. The lowest BCUT2D eigenvalue weighted by Gasteiger charge is -2.32. The van der Waals surface area contributed by atoms with Gasteiger partial charge in [-0.3, -0.25) is 9.69 Å². The van der Waals surface area contributed by atoms with E-state index in [2.05, 4.69) is 16.5 Å². The first-order valence-electron chi connectivity index (χ1n) is 10.1. The SMILES string of the molecule is C=C(CN1CCC(C(=O)Cc2ccc(F)cc2F)CC1)/C(=N\C=C/N)OC(C)(C)C. The van der Waals surface area contributed by atoms with Crippen LogP contribution in [-0.4, -0.2) is 41.8 Å². The molecule has 1 fully saturated rings. The van der Waals surface area contributed by atoms with Gasteiger partial charge < -0.3 is 10.5 Å². The molecule has 7 heteroatoms. The second kappa shape index (κ2) is 10.5. The van der Waals surface area contributed by atoms with E-state index in [-0.39, 0.29) is 23.7 Å². The van der Waals surface area contributed by atoms with E-state index in [1.54, 1.807) is 0 Å². The molecule has 0 unspecified atom stereocenters. The number of benzene rings is 1. The highest BCUT2D eigenvalue weighted by Gasteiger charge is 2.27. The number of carbonyl (C=O) groups is 1. The van der Waals surface area contributed by atoms with Crippen LogP contribution in [0.4, 0.5) is 8.78 Å². The molecule has 1 aromatic rings. The largest absolute Gasteiger partial charge is 0.472 e. The van der Waals surface area contributed by atoms with Crippen molar-refractivity contribution < 1.29 is 18.3 Å². The molecule has 0 saturated carbocycles. The number of aliphatic imine (C=N–C) groups is 1. The van der Waals surface area contributed by atoms with Crippen molar-refractivity contribution >= 4 is 11.7 Å². The number of rotatable bonds is 7. The first-order valence-corrected chi connectivity index (χ1v) is 10.1. The van der Waals surface area contributed by atoms with Gasteiger partial charge in [-0.1, -0.05) is 12.6 Å². The minimum Gasteiger partial charge on any atom is -0.472 e. The zero-order valence-electron chi connectivity index (χ0n) is 18.0. The molecule has 1 aliphatic rings. The number of nitrogens with two attached hydrogens (primary N) is 1. The summed E-state index contributed by atoms with van der Waals surface area (Å²) in [5, 5.41) is 0. The smallest absolute Gasteiger partial charge is 0.217 e. The van der Waals surface area contributed by atoms with Gasteiger partial charge in [0.2, 0.25) is 5.90 Å². The molecule has 1 saturated heterocycles. The van der Waals surface area contributed by atoms with Crippen LogP contribution in [0.5, 0.6) is 0 Å². The fourth-order valence-corrected chi connectivity index (χ4v) is 3.34. The van der Waals surface area contributed by atoms with E-state index in [0.717, 1.165) is 24.7 Å². The predicted octanol–water partition coefficient (Wildman–Crippen LogP) is 3.99. The number of hydrogen-bond acceptors (Lipinski definition) is 5. The van der Waals surface area contributed by atoms with Crippen LogP contribution < -0.4 is 5.73 Å². The lowest BCUT2D eigenvalue weighted by molar-refractivity contribution is -0.123. The Morgan fingerprint density at radius 3 is 2.57 bits per heavy atom. The molecule has 0 atom stereocenters. The molecule has 2 rings (SSSR count). The molecule has 0 aliphatic carbocycles. The average molecular weight is 420 g/mol. The van der Waals surface area contributed by atoms with Crippen LogP contribution in [0, 0.1) is 17.6 Å². The van der Waals surface area contributed by atoms with Gasteiger partial charge >= 0.3 is 0 Å². The highest BCUT2D eigenvalue weighted by molar-refractivity contribution is 5.94. The normalized spacial score (nSPS) is 16.8. The molecule has 0 radical (unpaired) electrons. The van der Waals surface area contributed by atoms with Crippen molar-refractivity contribution in [2.45, 2.75) is 45.6 Å². The Kier molecular flexibility index (Phi) is 8.29. The van der Waals surface area contributed by atoms with Gasteiger partial charge in [0.25, 0.3) is 0 Å². The quantitative estimate of drug-likeness (QED) is 0.536. The van der Waals surface area contributed by atoms with Crippen molar-refractivity contribution in [2.75, 3.05) is 19.6 Å². The number of ketones is 1. The molecule has 164 valence electrons. The van der Waals surface area contributed by atoms with Gasteiger partial charge in [0.1, 0.15) is 23.0 Å². The summed E-state index contributed by atoms with van der Waals surface area (Å²) in [5.41, 5.74) is 5.94. The van der Waals surface area contributed by atoms with Crippen LogP contribution in [0.15, 0.2) is 47.7 Å². The van der Waals surface area contributed by atoms with Gasteiger partial charge in [-0.25, -0.2) is 13.8 Å². The van der Waals surface area contributed by atoms with Crippen LogP contribution in [0.2, 0.25) is 0 Å². The molecule has 1 heterocycles. The van der Waals surface area contributed by atoms with Crippen molar-refractivity contribution in [3.8, 4) is 0 Å². The minimum atomic E-state index is -0.672. The summed E-state index contributed by atoms with van der Waals surface area (Å²) in [5.74, 6) is -1.01. The Labute approximate surface area is 177 Å². The number of carbonyl (C=O) groups excluding carboxylic acids is 1. The van der Waals surface area contributed by atoms with Crippen LogP contribution in [0.3, 0.4) is 0 Å². The number of hydrogen-bond donors (Lipinski definition) is 1. The van der Waals surface area contributed by atoms with Crippen LogP contribution in [0.25, 0.3) is 0 Å². The summed E-state index contributed by atoms with van der Waals surface area (Å²) < 4.78 is 32.7. The maximum Gasteiger partial charge on any atom is 0.217 e. The molecule has 30 heavy (non-hydrogen) atoms. The van der Waals surface area contributed by atoms with E-state index in [1.165, 1.54) is 24.5 Å². The fourth-order valence-electron chi connectivity index (χ4n) is 3.34. The zero-order chi connectivity index (χ0) is 22.3. The summed E-state index contributed by atoms with van der Waals surface area (Å²) >= 11 is 0. The summed E-state index contributed by atoms with van der Waals surface area (Å²) in [6.07, 6.45) is 4.16. The number of halogens is 2. The Bertz CT molecular complexity index is 820. The first kappa shape index (κ1) is 23.7. The Morgan fingerprint density at radius 2 is 2.00 bits per heavy atom. The number of nitrogens with zero attached hydrogens (tertiary/aromatic N) is 2. The fraction of sp³-hybridized carbons (Fsp3) is 0.478. The summed E-state index contributed by atoms with van der Waals surface area (Å²) in [4.78, 5) is 19.0. The minimum absolute atomic E-state index is 0.00879. The van der Waals surface area contributed by atoms with E-state index in [1.807, 2.05) is 20.8 Å². The third-order valence-corrected chi connectivity index (χ3v) is 4.82. The van der Waals surface area contributed by atoms with Gasteiger partial charge in [-0.05, 0) is 58.3 Å². The molecule has 0 bridgehead atoms. The van der Waals surface area contributed by atoms with Crippen LogP contribution in [-0.2, 0) is 16.0 Å². The molecule has 0 spiro atoms. The highest BCUT2D eigenvalue weighted by Crippen LogP contribution is 2.22. The molecular formula is C23H31F2N3O2. The summed E-state index contributed by atoms with van der Waals surface area (Å²) in [7, 11) is 0. The third-order valence-electron chi connectivity index (χ3n) is 4.82. The molecule has 0 amide bonds. The van der Waals surface area contributed by atoms with Crippen molar-refractivity contribution in [2.24, 2.45) is 16.6 Å². The van der Waals surface area contributed by atoms with E-state index < -0.39 is 17.2 Å². The summed E-state index contributed by atoms with van der Waals surface area (Å²) in [6, 6.07) is 3.33. The van der Waals surface area contributed by atoms with Crippen molar-refractivity contribution in [3.63, 3.8) is 0 Å². The average Bonchev–Trinajstić information content (AvgIpc) is 2.67. The van der Waals surface area contributed by atoms with E-state index in [0.29, 0.717) is 25.3 Å².